The van der Waals surface area contributed by atoms with E-state index in [1.54, 1.807) is 0 Å². The number of esters is 1. The van der Waals surface area contributed by atoms with E-state index in [2.05, 4.69) is 41.5 Å². The first-order valence-electron chi connectivity index (χ1n) is 48.8. The average molecular weight is 1840 g/mol. The fourth-order valence-electron chi connectivity index (χ4n) is 14.0. The maximum atomic E-state index is 10.7. The molecular formula is C98H191BiO12Zn. The van der Waals surface area contributed by atoms with Crippen molar-refractivity contribution < 1.29 is 78.5 Å². The minimum absolute atomic E-state index is 0. The van der Waals surface area contributed by atoms with Crippen LogP contribution in [0, 0.1) is 0 Å². The molecule has 2 radical (unpaired) electrons. The molecule has 0 spiro atoms. The van der Waals surface area contributed by atoms with Crippen molar-refractivity contribution >= 4 is 62.0 Å². The SMILES string of the molecule is CCCCCC(=O)OCC.CCCCCCCCCCCCCCCCCC(=O)[O-].CCCCCCCCCCCCCCCCCC(=O)[O-].CCCCCCCCCCCCCCCCCC(=O)[O-].CCCCCCCCCCCCCCCCCC(=O)[O-].CCCCCCCCCCCCCCCCCC(=O)[O-].[Bi+3].[Zn+2]. The molecule has 0 fully saturated rings. The summed E-state index contributed by atoms with van der Waals surface area (Å²) < 4.78 is 4.75. The monoisotopic (exact) mass is 1830 g/mol. The molecule has 0 saturated heterocycles. The summed E-state index contributed by atoms with van der Waals surface area (Å²) in [5, 5.41) is 51.1. The molecule has 662 valence electrons. The van der Waals surface area contributed by atoms with E-state index in [1.807, 2.05) is 6.92 Å². The Bertz CT molecular complexity index is 1480. The molecule has 14 heteroatoms. The zero-order chi connectivity index (χ0) is 82.3. The Morgan fingerprint density at radius 3 is 0.348 bits per heavy atom. The van der Waals surface area contributed by atoms with E-state index in [1.165, 1.54) is 417 Å². The van der Waals surface area contributed by atoms with E-state index in [-0.39, 0.29) is 83.8 Å². The van der Waals surface area contributed by atoms with E-state index in [9.17, 15) is 54.3 Å². The van der Waals surface area contributed by atoms with Crippen molar-refractivity contribution in [3.05, 3.63) is 0 Å². The number of ether oxygens (including phenoxy) is 1. The number of rotatable bonds is 85. The zero-order valence-electron chi connectivity index (χ0n) is 76.2. The van der Waals surface area contributed by atoms with Crippen molar-refractivity contribution in [2.75, 3.05) is 6.61 Å². The first kappa shape index (κ1) is 126. The van der Waals surface area contributed by atoms with Gasteiger partial charge in [-0.2, -0.15) is 0 Å². The molecule has 0 unspecified atom stereocenters. The standard InChI is InChI=1S/5C18H36O2.C8H16O2.Bi.Zn/c5*1-2-3-4-5-6-7-8-9-10-11-12-13-14-15-16-17-18(19)20;1-3-5-6-7-8(9)10-4-2;;/h5*2-17H2,1H3,(H,19,20);3-7H2,1-2H3;;/q;;;;;;+3;+2/p-5. The van der Waals surface area contributed by atoms with Crippen LogP contribution in [-0.2, 0) is 53.0 Å². The Morgan fingerprint density at radius 2 is 0.250 bits per heavy atom. The molecule has 112 heavy (non-hydrogen) atoms. The van der Waals surface area contributed by atoms with Gasteiger partial charge in [-0.3, -0.25) is 4.79 Å². The molecule has 0 rings (SSSR count). The third-order valence-electron chi connectivity index (χ3n) is 21.2. The van der Waals surface area contributed by atoms with Crippen molar-refractivity contribution in [1.29, 1.82) is 0 Å². The van der Waals surface area contributed by atoms with Crippen molar-refractivity contribution in [1.82, 2.24) is 0 Å². The number of hydrogen-bond donors (Lipinski definition) is 0. The third-order valence-corrected chi connectivity index (χ3v) is 21.2. The summed E-state index contributed by atoms with van der Waals surface area (Å²) in [6.45, 7) is 15.8. The summed E-state index contributed by atoms with van der Waals surface area (Å²) in [5.41, 5.74) is 0. The molecule has 0 bridgehead atoms. The molecule has 0 amide bonds. The summed E-state index contributed by atoms with van der Waals surface area (Å²) in [6, 6.07) is 0. The van der Waals surface area contributed by atoms with Crippen molar-refractivity contribution in [2.24, 2.45) is 0 Å². The van der Waals surface area contributed by atoms with E-state index in [0.29, 0.717) is 13.0 Å². The Kier molecular flexibility index (Phi) is 138. The molecule has 0 aliphatic rings. The van der Waals surface area contributed by atoms with Crippen LogP contribution in [0.3, 0.4) is 0 Å². The Hall–Kier alpha value is -1.67. The normalized spacial score (nSPS) is 10.5. The number of carboxylic acid groups (broad SMARTS) is 5. The molecule has 0 N–H and O–H groups in total. The molecular weight excluding hydrogens is 1640 g/mol. The molecule has 0 aliphatic carbocycles. The van der Waals surface area contributed by atoms with Crippen molar-refractivity contribution in [3.63, 3.8) is 0 Å². The van der Waals surface area contributed by atoms with E-state index in [0.717, 1.165) is 83.5 Å². The Labute approximate surface area is 729 Å². The van der Waals surface area contributed by atoms with Gasteiger partial charge in [-0.1, -0.05) is 504 Å². The van der Waals surface area contributed by atoms with Crippen LogP contribution in [0.4, 0.5) is 0 Å². The van der Waals surface area contributed by atoms with Gasteiger partial charge in [0.1, 0.15) is 0 Å². The molecule has 0 heterocycles. The van der Waals surface area contributed by atoms with Gasteiger partial charge in [0.15, 0.2) is 0 Å². The topological polar surface area (TPSA) is 227 Å². The van der Waals surface area contributed by atoms with Crippen LogP contribution in [0.25, 0.3) is 0 Å². The first-order chi connectivity index (χ1) is 53.7. The first-order valence-corrected chi connectivity index (χ1v) is 48.8. The van der Waals surface area contributed by atoms with Gasteiger partial charge < -0.3 is 54.2 Å². The predicted molar refractivity (Wildman–Crippen MR) is 469 cm³/mol. The number of unbranched alkanes of at least 4 members (excludes halogenated alkanes) is 72. The van der Waals surface area contributed by atoms with Crippen molar-refractivity contribution in [2.45, 2.75) is 588 Å². The van der Waals surface area contributed by atoms with Crippen LogP contribution in [-0.4, -0.2) is 68.6 Å². The molecule has 0 saturated carbocycles. The maximum Gasteiger partial charge on any atom is 3.00 e. The van der Waals surface area contributed by atoms with Gasteiger partial charge in [-0.05, 0) is 77.6 Å². The number of hydrogen-bond acceptors (Lipinski definition) is 12. The number of carboxylic acids is 5. The second kappa shape index (κ2) is 123. The second-order valence-corrected chi connectivity index (χ2v) is 32.6. The van der Waals surface area contributed by atoms with Gasteiger partial charge >= 0.3 is 51.7 Å². The summed E-state index contributed by atoms with van der Waals surface area (Å²) in [4.78, 5) is 61.8. The summed E-state index contributed by atoms with van der Waals surface area (Å²) >= 11 is 0. The van der Waals surface area contributed by atoms with Crippen LogP contribution < -0.4 is 25.5 Å². The molecule has 0 aromatic carbocycles. The van der Waals surface area contributed by atoms with E-state index >= 15 is 0 Å². The fraction of sp³-hybridized carbons (Fsp3) is 0.939. The Morgan fingerprint density at radius 1 is 0.161 bits per heavy atom. The molecule has 0 aromatic heterocycles. The van der Waals surface area contributed by atoms with Gasteiger partial charge in [0.2, 0.25) is 0 Å². The van der Waals surface area contributed by atoms with Gasteiger partial charge in [0, 0.05) is 36.3 Å². The zero-order valence-corrected chi connectivity index (χ0v) is 82.6. The molecule has 0 atom stereocenters. The predicted octanol–water partition coefficient (Wildman–Crippen LogP) is 26.7. The average Bonchev–Trinajstić information content (AvgIpc) is 1.52. The van der Waals surface area contributed by atoms with Crippen molar-refractivity contribution in [3.8, 4) is 0 Å². The Balaban J connectivity index is -0.000000194. The summed E-state index contributed by atoms with van der Waals surface area (Å²) in [6.07, 6.45) is 103. The van der Waals surface area contributed by atoms with Crippen LogP contribution in [0.2, 0.25) is 0 Å². The summed E-state index contributed by atoms with van der Waals surface area (Å²) in [7, 11) is 0. The smallest absolute Gasteiger partial charge is 0.550 e. The molecule has 12 nitrogen and oxygen atoms in total. The number of carbonyl (C=O) groups excluding carboxylic acids is 6. The number of carbonyl (C=O) groups is 6. The quantitative estimate of drug-likeness (QED) is 0.0315. The summed E-state index contributed by atoms with van der Waals surface area (Å²) in [5.74, 6) is -4.57. The maximum absolute atomic E-state index is 10.7. The van der Waals surface area contributed by atoms with Gasteiger partial charge in [-0.15, -0.1) is 0 Å². The molecule has 0 aliphatic heterocycles. The minimum Gasteiger partial charge on any atom is -0.550 e. The third kappa shape index (κ3) is 150. The number of aliphatic carboxylic acids is 5. The van der Waals surface area contributed by atoms with Crippen LogP contribution >= 0.6 is 0 Å². The minimum atomic E-state index is -0.903. The van der Waals surface area contributed by atoms with Gasteiger partial charge in [0.25, 0.3) is 0 Å². The van der Waals surface area contributed by atoms with Gasteiger partial charge in [0.05, 0.1) is 6.61 Å². The van der Waals surface area contributed by atoms with Crippen LogP contribution in [0.5, 0.6) is 0 Å². The molecule has 0 aromatic rings. The van der Waals surface area contributed by atoms with E-state index < -0.39 is 29.8 Å². The van der Waals surface area contributed by atoms with Crippen LogP contribution in [0.15, 0.2) is 0 Å². The largest absolute Gasteiger partial charge is 3.00 e. The fourth-order valence-corrected chi connectivity index (χ4v) is 14.0. The second-order valence-electron chi connectivity index (χ2n) is 32.6. The van der Waals surface area contributed by atoms with E-state index in [4.69, 9.17) is 4.74 Å². The van der Waals surface area contributed by atoms with Crippen LogP contribution in [0.1, 0.15) is 588 Å². The van der Waals surface area contributed by atoms with Gasteiger partial charge in [-0.25, -0.2) is 0 Å².